The summed E-state index contributed by atoms with van der Waals surface area (Å²) in [7, 11) is 0. The van der Waals surface area contributed by atoms with Crippen LogP contribution in [0, 0.1) is 5.82 Å². The van der Waals surface area contributed by atoms with Crippen LogP contribution in [0.25, 0.3) is 5.57 Å². The van der Waals surface area contributed by atoms with Crippen molar-refractivity contribution in [3.05, 3.63) is 95.4 Å². The Morgan fingerprint density at radius 3 is 2.09 bits per heavy atom. The maximum absolute atomic E-state index is 13.5. The third-order valence-electron chi connectivity index (χ3n) is 5.25. The van der Waals surface area contributed by atoms with Gasteiger partial charge in [-0.15, -0.1) is 0 Å². The van der Waals surface area contributed by atoms with E-state index in [1.54, 1.807) is 36.4 Å². The fourth-order valence-corrected chi connectivity index (χ4v) is 3.59. The number of rotatable bonds is 7. The molecule has 1 N–H and O–H groups in total. The van der Waals surface area contributed by atoms with Crippen LogP contribution >= 0.6 is 0 Å². The Morgan fingerprint density at radius 1 is 0.844 bits per heavy atom. The van der Waals surface area contributed by atoms with E-state index in [-0.39, 0.29) is 17.1 Å². The van der Waals surface area contributed by atoms with Gasteiger partial charge in [-0.3, -0.25) is 9.59 Å². The topological polar surface area (TPSA) is 58.6 Å². The third-order valence-corrected chi connectivity index (χ3v) is 5.25. The molecule has 0 saturated carbocycles. The Labute approximate surface area is 186 Å². The molecule has 0 radical (unpaired) electrons. The van der Waals surface area contributed by atoms with Crippen LogP contribution in [-0.4, -0.2) is 18.4 Å². The Bertz CT molecular complexity index is 1170. The molecule has 0 aromatic heterocycles. The van der Waals surface area contributed by atoms with Crippen LogP contribution in [0.3, 0.4) is 0 Å². The Balaban J connectivity index is 1.76. The first-order chi connectivity index (χ1) is 15.5. The van der Waals surface area contributed by atoms with E-state index in [9.17, 15) is 14.0 Å². The molecule has 5 nitrogen and oxygen atoms in total. The summed E-state index contributed by atoms with van der Waals surface area (Å²) in [4.78, 5) is 28.0. The minimum Gasteiger partial charge on any atom is -0.494 e. The van der Waals surface area contributed by atoms with Crippen LogP contribution in [0.15, 0.2) is 78.5 Å². The highest BCUT2D eigenvalue weighted by molar-refractivity contribution is 6.46. The molecule has 0 spiro atoms. The van der Waals surface area contributed by atoms with E-state index in [4.69, 9.17) is 4.74 Å². The van der Waals surface area contributed by atoms with Gasteiger partial charge in [-0.05, 0) is 73.0 Å². The van der Waals surface area contributed by atoms with Crippen molar-refractivity contribution in [2.75, 3.05) is 16.8 Å². The van der Waals surface area contributed by atoms with Gasteiger partial charge in [-0.25, -0.2) is 9.29 Å². The van der Waals surface area contributed by atoms with Crippen LogP contribution in [0.1, 0.15) is 25.0 Å². The summed E-state index contributed by atoms with van der Waals surface area (Å²) in [6.45, 7) is 4.46. The first-order valence-electron chi connectivity index (χ1n) is 10.5. The van der Waals surface area contributed by atoms with E-state index >= 15 is 0 Å². The lowest BCUT2D eigenvalue weighted by Crippen LogP contribution is -2.32. The molecule has 0 atom stereocenters. The molecule has 6 heteroatoms. The van der Waals surface area contributed by atoms with Crippen molar-refractivity contribution in [2.24, 2.45) is 0 Å². The van der Waals surface area contributed by atoms with Gasteiger partial charge < -0.3 is 10.1 Å². The molecule has 1 heterocycles. The zero-order valence-corrected chi connectivity index (χ0v) is 17.9. The lowest BCUT2D eigenvalue weighted by atomic mass is 10.0. The summed E-state index contributed by atoms with van der Waals surface area (Å²) >= 11 is 0. The van der Waals surface area contributed by atoms with E-state index in [1.165, 1.54) is 24.3 Å². The molecule has 3 aromatic rings. The second-order valence-electron chi connectivity index (χ2n) is 7.30. The molecule has 1 aliphatic heterocycles. The highest BCUT2D eigenvalue weighted by atomic mass is 19.1. The van der Waals surface area contributed by atoms with E-state index in [2.05, 4.69) is 5.32 Å². The van der Waals surface area contributed by atoms with Gasteiger partial charge in [-0.1, -0.05) is 31.2 Å². The molecule has 4 rings (SSSR count). The van der Waals surface area contributed by atoms with Crippen molar-refractivity contribution in [2.45, 2.75) is 20.3 Å². The van der Waals surface area contributed by atoms with Crippen molar-refractivity contribution >= 4 is 28.8 Å². The van der Waals surface area contributed by atoms with Gasteiger partial charge in [0, 0.05) is 5.69 Å². The molecule has 3 aromatic carbocycles. The highest BCUT2D eigenvalue weighted by Gasteiger charge is 2.40. The van der Waals surface area contributed by atoms with E-state index in [0.29, 0.717) is 29.3 Å². The summed E-state index contributed by atoms with van der Waals surface area (Å²) in [5, 5.41) is 3.03. The minimum absolute atomic E-state index is 0.144. The number of carbonyl (C=O) groups is 2. The van der Waals surface area contributed by atoms with E-state index < -0.39 is 11.8 Å². The molecule has 0 bridgehead atoms. The monoisotopic (exact) mass is 430 g/mol. The number of amides is 2. The molecular formula is C26H23FN2O3. The number of hydrogen-bond acceptors (Lipinski definition) is 4. The number of halogens is 1. The number of ether oxygens (including phenoxy) is 1. The maximum Gasteiger partial charge on any atom is 0.282 e. The van der Waals surface area contributed by atoms with Crippen molar-refractivity contribution in [3.8, 4) is 5.75 Å². The fraction of sp³-hybridized carbons (Fsp3) is 0.154. The molecule has 0 unspecified atom stereocenters. The van der Waals surface area contributed by atoms with Crippen LogP contribution < -0.4 is 15.0 Å². The summed E-state index contributed by atoms with van der Waals surface area (Å²) < 4.78 is 18.8. The molecule has 2 amide bonds. The lowest BCUT2D eigenvalue weighted by molar-refractivity contribution is -0.120. The van der Waals surface area contributed by atoms with Crippen molar-refractivity contribution < 1.29 is 18.7 Å². The van der Waals surface area contributed by atoms with Gasteiger partial charge in [0.15, 0.2) is 0 Å². The molecular weight excluding hydrogens is 407 g/mol. The average Bonchev–Trinajstić information content (AvgIpc) is 3.05. The molecule has 0 aliphatic carbocycles. The van der Waals surface area contributed by atoms with Gasteiger partial charge in [-0.2, -0.15) is 0 Å². The van der Waals surface area contributed by atoms with E-state index in [0.717, 1.165) is 16.9 Å². The van der Waals surface area contributed by atoms with Gasteiger partial charge in [0.05, 0.1) is 17.9 Å². The highest BCUT2D eigenvalue weighted by Crippen LogP contribution is 2.34. The van der Waals surface area contributed by atoms with Crippen LogP contribution in [-0.2, 0) is 16.0 Å². The average molecular weight is 430 g/mol. The number of anilines is 2. The van der Waals surface area contributed by atoms with Crippen molar-refractivity contribution in [1.29, 1.82) is 0 Å². The van der Waals surface area contributed by atoms with Crippen LogP contribution in [0.5, 0.6) is 5.75 Å². The molecule has 162 valence electrons. The molecule has 1 aliphatic rings. The summed E-state index contributed by atoms with van der Waals surface area (Å²) in [6, 6.07) is 20.0. The second kappa shape index (κ2) is 9.06. The lowest BCUT2D eigenvalue weighted by Gasteiger charge is -2.16. The van der Waals surface area contributed by atoms with Crippen LogP contribution in [0.4, 0.5) is 15.8 Å². The van der Waals surface area contributed by atoms with Gasteiger partial charge >= 0.3 is 0 Å². The predicted octanol–water partition coefficient (Wildman–Crippen LogP) is 5.18. The summed E-state index contributed by atoms with van der Waals surface area (Å²) in [5.74, 6) is -0.600. The summed E-state index contributed by atoms with van der Waals surface area (Å²) in [6.07, 6.45) is 0.856. The van der Waals surface area contributed by atoms with Crippen molar-refractivity contribution in [3.63, 3.8) is 0 Å². The number of imide groups is 1. The number of aryl methyl sites for hydroxylation is 1. The Kier molecular flexibility index (Phi) is 6.03. The molecule has 0 saturated heterocycles. The quantitative estimate of drug-likeness (QED) is 0.525. The minimum atomic E-state index is -0.465. The number of nitrogens with one attached hydrogen (secondary N) is 1. The normalized spacial score (nSPS) is 13.7. The first kappa shape index (κ1) is 21.3. The number of carbonyl (C=O) groups excluding carboxylic acids is 2. The third kappa shape index (κ3) is 4.12. The zero-order valence-electron chi connectivity index (χ0n) is 17.9. The number of nitrogens with zero attached hydrogens (tertiary/aromatic N) is 1. The largest absolute Gasteiger partial charge is 0.494 e. The Hall–Kier alpha value is -3.93. The predicted molar refractivity (Wildman–Crippen MR) is 123 cm³/mol. The van der Waals surface area contributed by atoms with Gasteiger partial charge in [0.2, 0.25) is 0 Å². The van der Waals surface area contributed by atoms with Gasteiger partial charge in [0.25, 0.3) is 11.8 Å². The maximum atomic E-state index is 13.5. The van der Waals surface area contributed by atoms with Crippen LogP contribution in [0.2, 0.25) is 0 Å². The Morgan fingerprint density at radius 2 is 1.50 bits per heavy atom. The zero-order chi connectivity index (χ0) is 22.7. The first-order valence-corrected chi connectivity index (χ1v) is 10.5. The molecule has 0 fully saturated rings. The fourth-order valence-electron chi connectivity index (χ4n) is 3.59. The number of benzene rings is 3. The van der Waals surface area contributed by atoms with Gasteiger partial charge in [0.1, 0.15) is 17.3 Å². The molecule has 32 heavy (non-hydrogen) atoms. The standard InChI is InChI=1S/C26H23FN2O3/c1-3-17-5-13-21(14-6-17)29-25(30)23(18-7-15-22(16-8-18)32-4-2)24(26(29)31)28-20-11-9-19(27)10-12-20/h5-16,28H,3-4H2,1-2H3. The SMILES string of the molecule is CCOc1ccc(C2=C(Nc3ccc(F)cc3)C(=O)N(c3ccc(CC)cc3)C2=O)cc1. The smallest absolute Gasteiger partial charge is 0.282 e. The van der Waals surface area contributed by atoms with Crippen molar-refractivity contribution in [1.82, 2.24) is 0 Å². The number of hydrogen-bond donors (Lipinski definition) is 1. The summed E-state index contributed by atoms with van der Waals surface area (Å²) in [5.41, 5.74) is 3.10. The second-order valence-corrected chi connectivity index (χ2v) is 7.30. The van der Waals surface area contributed by atoms with E-state index in [1.807, 2.05) is 26.0 Å².